The van der Waals surface area contributed by atoms with Crippen molar-refractivity contribution in [1.29, 1.82) is 0 Å². The number of anilines is 1. The Hall–Kier alpha value is -2.02. The summed E-state index contributed by atoms with van der Waals surface area (Å²) in [7, 11) is 0. The zero-order valence-corrected chi connectivity index (χ0v) is 13.2. The monoisotopic (exact) mass is 302 g/mol. The first-order chi connectivity index (χ1) is 10.1. The summed E-state index contributed by atoms with van der Waals surface area (Å²) in [5.74, 6) is 2.11. The summed E-state index contributed by atoms with van der Waals surface area (Å²) >= 11 is 1.73. The van der Waals surface area contributed by atoms with Crippen molar-refractivity contribution in [1.82, 2.24) is 24.8 Å². The molecule has 7 heteroatoms. The first-order valence-corrected chi connectivity index (χ1v) is 7.88. The summed E-state index contributed by atoms with van der Waals surface area (Å²) in [5, 5.41) is 19.1. The number of thiazole rings is 1. The van der Waals surface area contributed by atoms with E-state index in [-0.39, 0.29) is 0 Å². The van der Waals surface area contributed by atoms with E-state index in [1.54, 1.807) is 15.9 Å². The average Bonchev–Trinajstić information content (AvgIpc) is 3.07. The lowest BCUT2D eigenvalue weighted by Gasteiger charge is -2.04. The van der Waals surface area contributed by atoms with Crippen LogP contribution >= 0.6 is 11.3 Å². The van der Waals surface area contributed by atoms with Gasteiger partial charge in [-0.2, -0.15) is 4.52 Å². The van der Waals surface area contributed by atoms with E-state index in [1.807, 2.05) is 19.1 Å². The standard InChI is InChI=1S/C14H18N6S/c1-9(2)14-16-11(8-21-14)6-7-15-12-4-5-13-18-17-10(3)20(13)19-12/h4-5,8-9H,6-7H2,1-3H3,(H,15,19). The molecule has 0 aliphatic carbocycles. The van der Waals surface area contributed by atoms with Gasteiger partial charge in [0.05, 0.1) is 10.7 Å². The summed E-state index contributed by atoms with van der Waals surface area (Å²) in [6.07, 6.45) is 0.893. The molecule has 0 unspecified atom stereocenters. The molecule has 0 radical (unpaired) electrons. The molecule has 0 atom stereocenters. The Morgan fingerprint density at radius 1 is 1.29 bits per heavy atom. The topological polar surface area (TPSA) is 68.0 Å². The third-order valence-corrected chi connectivity index (χ3v) is 4.36. The van der Waals surface area contributed by atoms with Crippen LogP contribution in [0.15, 0.2) is 17.5 Å². The lowest BCUT2D eigenvalue weighted by molar-refractivity contribution is 0.832. The van der Waals surface area contributed by atoms with Crippen LogP contribution in [0.2, 0.25) is 0 Å². The molecule has 1 N–H and O–H groups in total. The highest BCUT2D eigenvalue weighted by molar-refractivity contribution is 7.09. The summed E-state index contributed by atoms with van der Waals surface area (Å²) in [4.78, 5) is 4.63. The SMILES string of the molecule is Cc1nnc2ccc(NCCc3csc(C(C)C)n3)nn12. The second-order valence-corrected chi connectivity index (χ2v) is 6.13. The predicted octanol–water partition coefficient (Wildman–Crippen LogP) is 2.67. The van der Waals surface area contributed by atoms with E-state index in [1.165, 1.54) is 5.01 Å². The molecule has 0 aliphatic heterocycles. The smallest absolute Gasteiger partial charge is 0.178 e. The van der Waals surface area contributed by atoms with Crippen molar-refractivity contribution in [3.63, 3.8) is 0 Å². The highest BCUT2D eigenvalue weighted by Crippen LogP contribution is 2.19. The molecule has 0 saturated heterocycles. The number of fused-ring (bicyclic) bond motifs is 1. The Bertz CT molecular complexity index is 745. The minimum absolute atomic E-state index is 0.498. The first-order valence-electron chi connectivity index (χ1n) is 7.00. The van der Waals surface area contributed by atoms with Crippen LogP contribution in [0, 0.1) is 6.92 Å². The van der Waals surface area contributed by atoms with Gasteiger partial charge in [0.1, 0.15) is 5.82 Å². The highest BCUT2D eigenvalue weighted by Gasteiger charge is 2.06. The molecule has 0 aromatic carbocycles. The third kappa shape index (κ3) is 3.02. The van der Waals surface area contributed by atoms with Crippen LogP contribution in [0.5, 0.6) is 0 Å². The Morgan fingerprint density at radius 3 is 2.90 bits per heavy atom. The Morgan fingerprint density at radius 2 is 2.14 bits per heavy atom. The Balaban J connectivity index is 1.62. The van der Waals surface area contributed by atoms with Gasteiger partial charge in [-0.15, -0.1) is 26.6 Å². The van der Waals surface area contributed by atoms with Crippen molar-refractivity contribution in [2.75, 3.05) is 11.9 Å². The first kappa shape index (κ1) is 13.9. The maximum atomic E-state index is 4.63. The zero-order chi connectivity index (χ0) is 14.8. The van der Waals surface area contributed by atoms with E-state index in [9.17, 15) is 0 Å². The fourth-order valence-electron chi connectivity index (χ4n) is 2.01. The zero-order valence-electron chi connectivity index (χ0n) is 12.4. The van der Waals surface area contributed by atoms with Gasteiger partial charge in [0.15, 0.2) is 11.5 Å². The maximum absolute atomic E-state index is 4.63. The second-order valence-electron chi connectivity index (χ2n) is 5.24. The quantitative estimate of drug-likeness (QED) is 0.785. The van der Waals surface area contributed by atoms with Crippen LogP contribution in [-0.2, 0) is 6.42 Å². The van der Waals surface area contributed by atoms with Crippen LogP contribution in [0.1, 0.15) is 36.3 Å². The molecule has 3 aromatic heterocycles. The van der Waals surface area contributed by atoms with Gasteiger partial charge in [-0.05, 0) is 19.1 Å². The van der Waals surface area contributed by atoms with E-state index >= 15 is 0 Å². The second kappa shape index (κ2) is 5.77. The lowest BCUT2D eigenvalue weighted by atomic mass is 10.2. The van der Waals surface area contributed by atoms with E-state index in [0.717, 1.165) is 35.9 Å². The van der Waals surface area contributed by atoms with Gasteiger partial charge >= 0.3 is 0 Å². The molecule has 21 heavy (non-hydrogen) atoms. The lowest BCUT2D eigenvalue weighted by Crippen LogP contribution is -2.08. The molecule has 3 aromatic rings. The third-order valence-electron chi connectivity index (χ3n) is 3.17. The van der Waals surface area contributed by atoms with Gasteiger partial charge < -0.3 is 5.32 Å². The van der Waals surface area contributed by atoms with Crippen molar-refractivity contribution < 1.29 is 0 Å². The summed E-state index contributed by atoms with van der Waals surface area (Å²) in [6, 6.07) is 3.83. The van der Waals surface area contributed by atoms with Gasteiger partial charge in [0.2, 0.25) is 0 Å². The number of aromatic nitrogens is 5. The van der Waals surface area contributed by atoms with Crippen LogP contribution in [-0.4, -0.2) is 31.3 Å². The van der Waals surface area contributed by atoms with Crippen molar-refractivity contribution in [3.05, 3.63) is 34.0 Å². The van der Waals surface area contributed by atoms with Crippen LogP contribution in [0.4, 0.5) is 5.82 Å². The predicted molar refractivity (Wildman–Crippen MR) is 83.9 cm³/mol. The van der Waals surface area contributed by atoms with Crippen LogP contribution in [0.25, 0.3) is 5.65 Å². The number of hydrogen-bond donors (Lipinski definition) is 1. The van der Waals surface area contributed by atoms with Crippen LogP contribution < -0.4 is 5.32 Å². The molecule has 3 rings (SSSR count). The average molecular weight is 302 g/mol. The Kier molecular flexibility index (Phi) is 3.83. The van der Waals surface area contributed by atoms with Gasteiger partial charge in [0.25, 0.3) is 0 Å². The summed E-state index contributed by atoms with van der Waals surface area (Å²) in [5.41, 5.74) is 1.90. The fraction of sp³-hybridized carbons (Fsp3) is 0.429. The van der Waals surface area contributed by atoms with Crippen LogP contribution in [0.3, 0.4) is 0 Å². The number of hydrogen-bond acceptors (Lipinski definition) is 6. The van der Waals surface area contributed by atoms with E-state index < -0.39 is 0 Å². The molecule has 110 valence electrons. The largest absolute Gasteiger partial charge is 0.368 e. The van der Waals surface area contributed by atoms with E-state index in [4.69, 9.17) is 0 Å². The van der Waals surface area contributed by atoms with Gasteiger partial charge in [-0.1, -0.05) is 13.8 Å². The number of aryl methyl sites for hydroxylation is 1. The minimum Gasteiger partial charge on any atom is -0.368 e. The van der Waals surface area contributed by atoms with Gasteiger partial charge in [-0.3, -0.25) is 0 Å². The molecule has 0 spiro atoms. The van der Waals surface area contributed by atoms with Gasteiger partial charge in [-0.25, -0.2) is 4.98 Å². The molecule has 0 saturated carbocycles. The summed E-state index contributed by atoms with van der Waals surface area (Å²) in [6.45, 7) is 7.03. The van der Waals surface area contributed by atoms with Gasteiger partial charge in [0, 0.05) is 24.3 Å². The van der Waals surface area contributed by atoms with E-state index in [0.29, 0.717) is 5.92 Å². The highest BCUT2D eigenvalue weighted by atomic mass is 32.1. The number of rotatable bonds is 5. The van der Waals surface area contributed by atoms with Crippen molar-refractivity contribution in [2.45, 2.75) is 33.1 Å². The number of nitrogens with zero attached hydrogens (tertiary/aromatic N) is 5. The molecule has 6 nitrogen and oxygen atoms in total. The molecule has 0 bridgehead atoms. The minimum atomic E-state index is 0.498. The molecule has 0 fully saturated rings. The molecule has 3 heterocycles. The summed E-state index contributed by atoms with van der Waals surface area (Å²) < 4.78 is 1.74. The number of nitrogens with one attached hydrogen (secondary N) is 1. The molecular formula is C14H18N6S. The fourth-order valence-corrected chi connectivity index (χ4v) is 2.88. The molecule has 0 amide bonds. The Labute approximate surface area is 127 Å². The van der Waals surface area contributed by atoms with Crippen molar-refractivity contribution in [2.24, 2.45) is 0 Å². The van der Waals surface area contributed by atoms with Crippen molar-refractivity contribution in [3.8, 4) is 0 Å². The molecular weight excluding hydrogens is 284 g/mol. The van der Waals surface area contributed by atoms with Crippen molar-refractivity contribution >= 4 is 22.8 Å². The maximum Gasteiger partial charge on any atom is 0.178 e. The normalized spacial score (nSPS) is 11.4. The molecule has 0 aliphatic rings. The van der Waals surface area contributed by atoms with E-state index in [2.05, 4.69) is 44.8 Å².